The van der Waals surface area contributed by atoms with Crippen LogP contribution >= 0.6 is 0 Å². The summed E-state index contributed by atoms with van der Waals surface area (Å²) in [5, 5.41) is 13.8. The van der Waals surface area contributed by atoms with E-state index in [9.17, 15) is 5.11 Å². The number of hydrogen-bond acceptors (Lipinski definition) is 4. The van der Waals surface area contributed by atoms with Crippen LogP contribution in [-0.4, -0.2) is 38.0 Å². The van der Waals surface area contributed by atoms with Crippen molar-refractivity contribution in [2.75, 3.05) is 26.8 Å². The normalized spacial score (nSPS) is 14.3. The Kier molecular flexibility index (Phi) is 6.99. The molecule has 4 nitrogen and oxygen atoms in total. The number of rotatable bonds is 9. The minimum atomic E-state index is -0.865. The molecule has 1 aromatic carbocycles. The lowest BCUT2D eigenvalue weighted by atomic mass is 9.92. The first-order valence-electron chi connectivity index (χ1n) is 7.15. The number of nitrogens with one attached hydrogen (secondary N) is 1. The second-order valence-corrected chi connectivity index (χ2v) is 5.46. The van der Waals surface area contributed by atoms with E-state index in [1.165, 1.54) is 0 Å². The molecule has 0 aliphatic rings. The van der Waals surface area contributed by atoms with Crippen molar-refractivity contribution in [1.82, 2.24) is 5.32 Å². The smallest absolute Gasteiger partial charge is 0.120 e. The Morgan fingerprint density at radius 2 is 2.05 bits per heavy atom. The fraction of sp³-hybridized carbons (Fsp3) is 0.625. The third kappa shape index (κ3) is 5.90. The fourth-order valence-corrected chi connectivity index (χ4v) is 1.95. The summed E-state index contributed by atoms with van der Waals surface area (Å²) in [6, 6.07) is 7.67. The lowest BCUT2D eigenvalue weighted by Gasteiger charge is -2.25. The van der Waals surface area contributed by atoms with Crippen molar-refractivity contribution in [3.8, 4) is 5.75 Å². The van der Waals surface area contributed by atoms with Gasteiger partial charge in [0.15, 0.2) is 0 Å². The molecule has 0 heterocycles. The Balaban J connectivity index is 2.57. The van der Waals surface area contributed by atoms with Crippen molar-refractivity contribution in [2.45, 2.75) is 38.9 Å². The van der Waals surface area contributed by atoms with E-state index in [-0.39, 0.29) is 6.10 Å². The van der Waals surface area contributed by atoms with Gasteiger partial charge >= 0.3 is 0 Å². The lowest BCUT2D eigenvalue weighted by Crippen LogP contribution is -2.29. The highest BCUT2D eigenvalue weighted by atomic mass is 16.5. The van der Waals surface area contributed by atoms with Crippen molar-refractivity contribution in [3.05, 3.63) is 29.8 Å². The van der Waals surface area contributed by atoms with E-state index in [4.69, 9.17) is 9.47 Å². The highest BCUT2D eigenvalue weighted by Gasteiger charge is 2.22. The first-order valence-corrected chi connectivity index (χ1v) is 7.15. The number of aliphatic hydroxyl groups is 1. The molecule has 0 aromatic heterocycles. The molecule has 20 heavy (non-hydrogen) atoms. The van der Waals surface area contributed by atoms with Crippen LogP contribution in [0.25, 0.3) is 0 Å². The molecule has 1 atom stereocenters. The largest absolute Gasteiger partial charge is 0.491 e. The number of ether oxygens (including phenoxy) is 2. The predicted octanol–water partition coefficient (Wildman–Crippen LogP) is 2.31. The first-order chi connectivity index (χ1) is 9.45. The summed E-state index contributed by atoms with van der Waals surface area (Å²) < 4.78 is 10.6. The summed E-state index contributed by atoms with van der Waals surface area (Å²) in [5.74, 6) is 0.796. The second-order valence-electron chi connectivity index (χ2n) is 5.46. The molecule has 1 unspecified atom stereocenters. The van der Waals surface area contributed by atoms with Crippen LogP contribution in [0.4, 0.5) is 0 Å². The van der Waals surface area contributed by atoms with Crippen molar-refractivity contribution in [1.29, 1.82) is 0 Å². The highest BCUT2D eigenvalue weighted by molar-refractivity contribution is 5.32. The monoisotopic (exact) mass is 281 g/mol. The van der Waals surface area contributed by atoms with Crippen LogP contribution in [0.2, 0.25) is 0 Å². The summed E-state index contributed by atoms with van der Waals surface area (Å²) in [5.41, 5.74) is 0.0142. The van der Waals surface area contributed by atoms with E-state index < -0.39 is 5.60 Å². The average molecular weight is 281 g/mol. The highest BCUT2D eigenvalue weighted by Crippen LogP contribution is 2.27. The van der Waals surface area contributed by atoms with Crippen LogP contribution in [0.3, 0.4) is 0 Å². The Morgan fingerprint density at radius 3 is 2.70 bits per heavy atom. The van der Waals surface area contributed by atoms with Gasteiger partial charge in [0.05, 0.1) is 18.3 Å². The van der Waals surface area contributed by atoms with Gasteiger partial charge in [-0.15, -0.1) is 0 Å². The summed E-state index contributed by atoms with van der Waals surface area (Å²) in [4.78, 5) is 0. The minimum Gasteiger partial charge on any atom is -0.491 e. The van der Waals surface area contributed by atoms with Crippen molar-refractivity contribution >= 4 is 0 Å². The number of benzene rings is 1. The van der Waals surface area contributed by atoms with E-state index in [1.54, 1.807) is 7.11 Å². The molecule has 0 saturated heterocycles. The topological polar surface area (TPSA) is 50.7 Å². The molecule has 0 aliphatic carbocycles. The third-order valence-corrected chi connectivity index (χ3v) is 3.10. The summed E-state index contributed by atoms with van der Waals surface area (Å²) in [7, 11) is 1.68. The van der Waals surface area contributed by atoms with Gasteiger partial charge in [-0.2, -0.15) is 0 Å². The standard InChI is InChI=1S/C16H27NO3/c1-13(2)20-15-7-5-6-14(12-15)16(3,18)8-9-17-10-11-19-4/h5-7,12-13,17-18H,8-11H2,1-4H3. The van der Waals surface area contributed by atoms with Gasteiger partial charge in [0.1, 0.15) is 5.75 Å². The van der Waals surface area contributed by atoms with E-state index in [1.807, 2.05) is 45.0 Å². The maximum atomic E-state index is 10.6. The summed E-state index contributed by atoms with van der Waals surface area (Å²) in [6.07, 6.45) is 0.771. The minimum absolute atomic E-state index is 0.130. The molecule has 0 radical (unpaired) electrons. The van der Waals surface area contributed by atoms with Gasteiger partial charge in [0, 0.05) is 13.7 Å². The van der Waals surface area contributed by atoms with Crippen LogP contribution in [0.5, 0.6) is 5.75 Å². The van der Waals surface area contributed by atoms with Gasteiger partial charge in [-0.25, -0.2) is 0 Å². The molecular formula is C16H27NO3. The first kappa shape index (κ1) is 17.0. The van der Waals surface area contributed by atoms with E-state index in [2.05, 4.69) is 5.32 Å². The Morgan fingerprint density at radius 1 is 1.30 bits per heavy atom. The van der Waals surface area contributed by atoms with Gasteiger partial charge in [0.2, 0.25) is 0 Å². The van der Waals surface area contributed by atoms with Crippen LogP contribution in [0.15, 0.2) is 24.3 Å². The van der Waals surface area contributed by atoms with Crippen molar-refractivity contribution in [2.24, 2.45) is 0 Å². The van der Waals surface area contributed by atoms with Gasteiger partial charge in [-0.05, 0) is 51.4 Å². The number of methoxy groups -OCH3 is 1. The Hall–Kier alpha value is -1.10. The molecule has 114 valence electrons. The Bertz CT molecular complexity index is 391. The SMILES string of the molecule is COCCNCCC(C)(O)c1cccc(OC(C)C)c1. The lowest BCUT2D eigenvalue weighted by molar-refractivity contribution is 0.0471. The fourth-order valence-electron chi connectivity index (χ4n) is 1.95. The molecule has 0 amide bonds. The molecule has 0 aliphatic heterocycles. The molecular weight excluding hydrogens is 254 g/mol. The van der Waals surface area contributed by atoms with Crippen molar-refractivity contribution < 1.29 is 14.6 Å². The summed E-state index contributed by atoms with van der Waals surface area (Å²) >= 11 is 0. The molecule has 0 bridgehead atoms. The van der Waals surface area contributed by atoms with Gasteiger partial charge in [-0.1, -0.05) is 12.1 Å². The quantitative estimate of drug-likeness (QED) is 0.682. The number of hydrogen-bond donors (Lipinski definition) is 2. The van der Waals surface area contributed by atoms with Gasteiger partial charge < -0.3 is 19.9 Å². The van der Waals surface area contributed by atoms with Crippen molar-refractivity contribution in [3.63, 3.8) is 0 Å². The zero-order valence-corrected chi connectivity index (χ0v) is 13.0. The summed E-state index contributed by atoms with van der Waals surface area (Å²) in [6.45, 7) is 8.03. The van der Waals surface area contributed by atoms with E-state index in [0.29, 0.717) is 13.0 Å². The van der Waals surface area contributed by atoms with Crippen LogP contribution in [0, 0.1) is 0 Å². The van der Waals surface area contributed by atoms with Crippen LogP contribution in [0.1, 0.15) is 32.8 Å². The molecule has 0 saturated carbocycles. The van der Waals surface area contributed by atoms with E-state index in [0.717, 1.165) is 24.4 Å². The van der Waals surface area contributed by atoms with Crippen LogP contribution in [-0.2, 0) is 10.3 Å². The van der Waals surface area contributed by atoms with E-state index >= 15 is 0 Å². The maximum absolute atomic E-state index is 10.6. The van der Waals surface area contributed by atoms with Gasteiger partial charge in [-0.3, -0.25) is 0 Å². The zero-order chi connectivity index (χ0) is 15.0. The third-order valence-electron chi connectivity index (χ3n) is 3.10. The van der Waals surface area contributed by atoms with Crippen LogP contribution < -0.4 is 10.1 Å². The molecule has 4 heteroatoms. The molecule has 0 spiro atoms. The predicted molar refractivity (Wildman–Crippen MR) is 81.1 cm³/mol. The Labute approximate surface area is 122 Å². The second kappa shape index (κ2) is 8.25. The molecule has 1 aromatic rings. The maximum Gasteiger partial charge on any atom is 0.120 e. The van der Waals surface area contributed by atoms with Gasteiger partial charge in [0.25, 0.3) is 0 Å². The molecule has 2 N–H and O–H groups in total. The average Bonchev–Trinajstić information content (AvgIpc) is 2.38. The molecule has 0 fully saturated rings. The zero-order valence-electron chi connectivity index (χ0n) is 13.0. The molecule has 1 rings (SSSR count).